The Morgan fingerprint density at radius 2 is 1.86 bits per heavy atom. The van der Waals surface area contributed by atoms with Crippen molar-refractivity contribution in [3.05, 3.63) is 58.3 Å². The number of hydrogen-bond donors (Lipinski definition) is 2. The van der Waals surface area contributed by atoms with E-state index >= 15 is 0 Å². The molecule has 0 amide bonds. The Kier molecular flexibility index (Phi) is 3.51. The maximum absolute atomic E-state index is 13.6. The number of H-pyrrole nitrogens is 1. The number of hydrogen-bond acceptors (Lipinski definition) is 2. The van der Waals surface area contributed by atoms with E-state index in [4.69, 9.17) is 5.73 Å². The molecule has 1 heterocycles. The minimum atomic E-state index is -0.287. The molecule has 21 heavy (non-hydrogen) atoms. The van der Waals surface area contributed by atoms with Gasteiger partial charge in [-0.25, -0.2) is 4.39 Å². The molecule has 0 aliphatic carbocycles. The average molecular weight is 346 g/mol. The molecule has 106 valence electrons. The molecule has 0 fully saturated rings. The van der Waals surface area contributed by atoms with Crippen LogP contribution in [0.3, 0.4) is 0 Å². The largest absolute Gasteiger partial charge is 0.382 e. The molecule has 5 heteroatoms. The summed E-state index contributed by atoms with van der Waals surface area (Å²) in [5.74, 6) is 0.113. The van der Waals surface area contributed by atoms with Gasteiger partial charge in [0.2, 0.25) is 0 Å². The van der Waals surface area contributed by atoms with Crippen LogP contribution in [0.15, 0.2) is 46.9 Å². The van der Waals surface area contributed by atoms with E-state index in [1.807, 2.05) is 31.2 Å². The predicted molar refractivity (Wildman–Crippen MR) is 86.3 cm³/mol. The standard InChI is InChI=1S/C16H13BrFN3/c1-9-2-7-12(18)8-13(9)15-14(16(19)21-20-15)10-3-5-11(17)6-4-10/h2-8H,1H3,(H3,19,20,21). The van der Waals surface area contributed by atoms with E-state index in [1.165, 1.54) is 12.1 Å². The second-order valence-corrected chi connectivity index (χ2v) is 5.74. The molecule has 0 aliphatic heterocycles. The van der Waals surface area contributed by atoms with Crippen LogP contribution in [-0.4, -0.2) is 10.2 Å². The number of aromatic amines is 1. The van der Waals surface area contributed by atoms with Crippen LogP contribution in [0.4, 0.5) is 10.2 Å². The van der Waals surface area contributed by atoms with Gasteiger partial charge in [0.25, 0.3) is 0 Å². The zero-order valence-corrected chi connectivity index (χ0v) is 12.9. The van der Waals surface area contributed by atoms with Gasteiger partial charge in [-0.05, 0) is 42.3 Å². The van der Waals surface area contributed by atoms with Gasteiger partial charge >= 0.3 is 0 Å². The number of nitrogen functional groups attached to an aromatic ring is 1. The van der Waals surface area contributed by atoms with Crippen molar-refractivity contribution >= 4 is 21.7 Å². The second kappa shape index (κ2) is 5.33. The van der Waals surface area contributed by atoms with E-state index in [9.17, 15) is 4.39 Å². The van der Waals surface area contributed by atoms with Gasteiger partial charge in [-0.1, -0.05) is 34.1 Å². The lowest BCUT2D eigenvalue weighted by Gasteiger charge is -2.08. The van der Waals surface area contributed by atoms with Crippen LogP contribution in [0.25, 0.3) is 22.4 Å². The van der Waals surface area contributed by atoms with Crippen molar-refractivity contribution in [3.8, 4) is 22.4 Å². The van der Waals surface area contributed by atoms with E-state index < -0.39 is 0 Å². The Bertz CT molecular complexity index is 794. The fraction of sp³-hybridized carbons (Fsp3) is 0.0625. The molecule has 0 saturated heterocycles. The Morgan fingerprint density at radius 1 is 1.14 bits per heavy atom. The van der Waals surface area contributed by atoms with Crippen LogP contribution >= 0.6 is 15.9 Å². The molecule has 0 aliphatic rings. The summed E-state index contributed by atoms with van der Waals surface area (Å²) in [6, 6.07) is 12.4. The summed E-state index contributed by atoms with van der Waals surface area (Å²) in [7, 11) is 0. The van der Waals surface area contributed by atoms with Gasteiger partial charge in [0.1, 0.15) is 5.82 Å². The van der Waals surface area contributed by atoms with Gasteiger partial charge in [-0.3, -0.25) is 5.10 Å². The first-order chi connectivity index (χ1) is 10.1. The highest BCUT2D eigenvalue weighted by Gasteiger charge is 2.16. The molecule has 0 bridgehead atoms. The summed E-state index contributed by atoms with van der Waals surface area (Å²) < 4.78 is 14.5. The smallest absolute Gasteiger partial charge is 0.153 e. The lowest BCUT2D eigenvalue weighted by molar-refractivity contribution is 0.628. The van der Waals surface area contributed by atoms with Crippen LogP contribution in [-0.2, 0) is 0 Å². The molecule has 3 N–H and O–H groups in total. The third-order valence-electron chi connectivity index (χ3n) is 3.40. The highest BCUT2D eigenvalue weighted by Crippen LogP contribution is 2.36. The molecule has 0 atom stereocenters. The van der Waals surface area contributed by atoms with Crippen molar-refractivity contribution in [2.24, 2.45) is 0 Å². The lowest BCUT2D eigenvalue weighted by atomic mass is 9.98. The van der Waals surface area contributed by atoms with Gasteiger partial charge in [-0.15, -0.1) is 0 Å². The van der Waals surface area contributed by atoms with Gasteiger partial charge in [0.05, 0.1) is 11.3 Å². The van der Waals surface area contributed by atoms with Gasteiger partial charge in [0, 0.05) is 10.0 Å². The first-order valence-corrected chi connectivity index (χ1v) is 7.22. The van der Waals surface area contributed by atoms with E-state index in [1.54, 1.807) is 6.07 Å². The van der Waals surface area contributed by atoms with Crippen molar-refractivity contribution < 1.29 is 4.39 Å². The quantitative estimate of drug-likeness (QED) is 0.716. The van der Waals surface area contributed by atoms with Gasteiger partial charge < -0.3 is 5.73 Å². The molecule has 3 nitrogen and oxygen atoms in total. The second-order valence-electron chi connectivity index (χ2n) is 4.82. The fourth-order valence-electron chi connectivity index (χ4n) is 2.32. The number of aryl methyl sites for hydroxylation is 1. The first kappa shape index (κ1) is 13.8. The number of nitrogens with one attached hydrogen (secondary N) is 1. The summed E-state index contributed by atoms with van der Waals surface area (Å²) in [4.78, 5) is 0. The molecule has 0 saturated carbocycles. The van der Waals surface area contributed by atoms with Crippen molar-refractivity contribution in [2.75, 3.05) is 5.73 Å². The van der Waals surface area contributed by atoms with E-state index in [2.05, 4.69) is 26.1 Å². The third kappa shape index (κ3) is 2.56. The highest BCUT2D eigenvalue weighted by molar-refractivity contribution is 9.10. The molecule has 0 spiro atoms. The number of halogens is 2. The molecule has 2 aromatic carbocycles. The topological polar surface area (TPSA) is 54.7 Å². The molecule has 3 aromatic rings. The molecular formula is C16H13BrFN3. The van der Waals surface area contributed by atoms with Crippen LogP contribution in [0.1, 0.15) is 5.56 Å². The predicted octanol–water partition coefficient (Wildman–Crippen LogP) is 4.54. The minimum absolute atomic E-state index is 0.287. The van der Waals surface area contributed by atoms with E-state index in [0.29, 0.717) is 5.82 Å². The van der Waals surface area contributed by atoms with Crippen LogP contribution in [0.2, 0.25) is 0 Å². The Labute approximate surface area is 130 Å². The number of nitrogens with two attached hydrogens (primary N) is 1. The minimum Gasteiger partial charge on any atom is -0.382 e. The fourth-order valence-corrected chi connectivity index (χ4v) is 2.59. The molecule has 1 aromatic heterocycles. The highest BCUT2D eigenvalue weighted by atomic mass is 79.9. The first-order valence-electron chi connectivity index (χ1n) is 6.42. The number of benzene rings is 2. The molecular weight excluding hydrogens is 333 g/mol. The molecule has 0 radical (unpaired) electrons. The molecule has 3 rings (SSSR count). The third-order valence-corrected chi connectivity index (χ3v) is 3.92. The lowest BCUT2D eigenvalue weighted by Crippen LogP contribution is -1.90. The number of rotatable bonds is 2. The number of anilines is 1. The zero-order chi connectivity index (χ0) is 15.0. The number of aromatic nitrogens is 2. The maximum atomic E-state index is 13.6. The van der Waals surface area contributed by atoms with Crippen molar-refractivity contribution in [3.63, 3.8) is 0 Å². The van der Waals surface area contributed by atoms with E-state index in [0.717, 1.165) is 32.4 Å². The molecule has 0 unspecified atom stereocenters. The monoisotopic (exact) mass is 345 g/mol. The summed E-state index contributed by atoms with van der Waals surface area (Å²) in [5.41, 5.74) is 10.2. The van der Waals surface area contributed by atoms with Crippen LogP contribution in [0, 0.1) is 12.7 Å². The van der Waals surface area contributed by atoms with Gasteiger partial charge in [0.15, 0.2) is 5.82 Å². The van der Waals surface area contributed by atoms with Crippen molar-refractivity contribution in [1.82, 2.24) is 10.2 Å². The Balaban J connectivity index is 2.21. The van der Waals surface area contributed by atoms with Crippen LogP contribution in [0.5, 0.6) is 0 Å². The van der Waals surface area contributed by atoms with E-state index in [-0.39, 0.29) is 5.82 Å². The average Bonchev–Trinajstić information content (AvgIpc) is 2.84. The Hall–Kier alpha value is -2.14. The van der Waals surface area contributed by atoms with Crippen LogP contribution < -0.4 is 5.73 Å². The normalized spacial score (nSPS) is 10.8. The summed E-state index contributed by atoms with van der Waals surface area (Å²) >= 11 is 3.41. The Morgan fingerprint density at radius 3 is 2.57 bits per heavy atom. The summed E-state index contributed by atoms with van der Waals surface area (Å²) in [5, 5.41) is 7.00. The zero-order valence-electron chi connectivity index (χ0n) is 11.3. The maximum Gasteiger partial charge on any atom is 0.153 e. The number of nitrogens with zero attached hydrogens (tertiary/aromatic N) is 1. The SMILES string of the molecule is Cc1ccc(F)cc1-c1[nH]nc(N)c1-c1ccc(Br)cc1. The van der Waals surface area contributed by atoms with Crippen molar-refractivity contribution in [1.29, 1.82) is 0 Å². The van der Waals surface area contributed by atoms with Gasteiger partial charge in [-0.2, -0.15) is 5.10 Å². The van der Waals surface area contributed by atoms with Crippen molar-refractivity contribution in [2.45, 2.75) is 6.92 Å². The summed E-state index contributed by atoms with van der Waals surface area (Å²) in [6.45, 7) is 1.93. The summed E-state index contributed by atoms with van der Waals surface area (Å²) in [6.07, 6.45) is 0.